The van der Waals surface area contributed by atoms with Crippen LogP contribution in [0.15, 0.2) is 54.9 Å². The zero-order valence-electron chi connectivity index (χ0n) is 14.6. The molecule has 3 aromatic rings. The summed E-state index contributed by atoms with van der Waals surface area (Å²) in [5.41, 5.74) is 0.450. The Morgan fingerprint density at radius 1 is 0.962 bits per heavy atom. The summed E-state index contributed by atoms with van der Waals surface area (Å²) in [6, 6.07) is 13.5. The molecule has 3 heterocycles. The first-order valence-corrected chi connectivity index (χ1v) is 8.65. The lowest BCUT2D eigenvalue weighted by Crippen LogP contribution is -2.49. The Morgan fingerprint density at radius 3 is 2.54 bits per heavy atom. The van der Waals surface area contributed by atoms with Gasteiger partial charge in [0.05, 0.1) is 12.5 Å². The number of benzene rings is 1. The number of carbonyl (C=O) groups is 1. The van der Waals surface area contributed by atoms with Crippen LogP contribution in [0.5, 0.6) is 5.75 Å². The molecular formula is C20H20N4O2. The topological polar surface area (TPSA) is 58.6 Å². The van der Waals surface area contributed by atoms with E-state index in [2.05, 4.69) is 14.9 Å². The van der Waals surface area contributed by atoms with Gasteiger partial charge in [-0.15, -0.1) is 0 Å². The molecule has 0 atom stereocenters. The fourth-order valence-electron chi connectivity index (χ4n) is 3.36. The molecule has 1 fully saturated rings. The van der Waals surface area contributed by atoms with Gasteiger partial charge in [0.1, 0.15) is 17.3 Å². The highest BCUT2D eigenvalue weighted by atomic mass is 16.5. The SMILES string of the molecule is COc1cccc2ccnc(C(=O)N3CCN(c4ccccn4)CC3)c12. The van der Waals surface area contributed by atoms with Crippen molar-refractivity contribution in [3.05, 3.63) is 60.6 Å². The molecular weight excluding hydrogens is 328 g/mol. The number of hydrogen-bond acceptors (Lipinski definition) is 5. The van der Waals surface area contributed by atoms with Gasteiger partial charge in [-0.25, -0.2) is 4.98 Å². The second-order valence-electron chi connectivity index (χ2n) is 6.19. The number of hydrogen-bond donors (Lipinski definition) is 0. The zero-order chi connectivity index (χ0) is 17.9. The minimum absolute atomic E-state index is 0.0548. The van der Waals surface area contributed by atoms with Crippen molar-refractivity contribution in [3.63, 3.8) is 0 Å². The number of carbonyl (C=O) groups excluding carboxylic acids is 1. The maximum Gasteiger partial charge on any atom is 0.273 e. The summed E-state index contributed by atoms with van der Waals surface area (Å²) in [4.78, 5) is 25.9. The van der Waals surface area contributed by atoms with Crippen molar-refractivity contribution in [3.8, 4) is 5.75 Å². The van der Waals surface area contributed by atoms with Gasteiger partial charge in [-0.1, -0.05) is 18.2 Å². The number of rotatable bonds is 3. The molecule has 1 amide bonds. The van der Waals surface area contributed by atoms with E-state index in [-0.39, 0.29) is 5.91 Å². The van der Waals surface area contributed by atoms with Crippen LogP contribution in [0.3, 0.4) is 0 Å². The van der Waals surface area contributed by atoms with E-state index in [1.807, 2.05) is 47.4 Å². The van der Waals surface area contributed by atoms with Crippen molar-refractivity contribution in [1.82, 2.24) is 14.9 Å². The molecule has 1 aromatic carbocycles. The third kappa shape index (κ3) is 2.94. The summed E-state index contributed by atoms with van der Waals surface area (Å²) in [6.45, 7) is 2.79. The fourth-order valence-corrected chi connectivity index (χ4v) is 3.36. The summed E-state index contributed by atoms with van der Waals surface area (Å²) in [7, 11) is 1.61. The van der Waals surface area contributed by atoms with Crippen LogP contribution in [0, 0.1) is 0 Å². The lowest BCUT2D eigenvalue weighted by Gasteiger charge is -2.35. The molecule has 6 nitrogen and oxygen atoms in total. The Labute approximate surface area is 152 Å². The molecule has 0 aliphatic carbocycles. The molecule has 0 N–H and O–H groups in total. The predicted molar refractivity (Wildman–Crippen MR) is 101 cm³/mol. The second-order valence-corrected chi connectivity index (χ2v) is 6.19. The molecule has 132 valence electrons. The molecule has 2 aromatic heterocycles. The summed E-state index contributed by atoms with van der Waals surface area (Å²) in [6.07, 6.45) is 3.47. The van der Waals surface area contributed by atoms with E-state index in [0.717, 1.165) is 29.7 Å². The lowest BCUT2D eigenvalue weighted by atomic mass is 10.1. The first-order valence-electron chi connectivity index (χ1n) is 8.65. The van der Waals surface area contributed by atoms with Crippen molar-refractivity contribution >= 4 is 22.5 Å². The van der Waals surface area contributed by atoms with Crippen LogP contribution in [0.2, 0.25) is 0 Å². The molecule has 1 aliphatic heterocycles. The number of pyridine rings is 2. The molecule has 0 bridgehead atoms. The zero-order valence-corrected chi connectivity index (χ0v) is 14.6. The number of fused-ring (bicyclic) bond motifs is 1. The van der Waals surface area contributed by atoms with Gasteiger partial charge >= 0.3 is 0 Å². The first-order chi connectivity index (χ1) is 12.8. The minimum atomic E-state index is -0.0548. The van der Waals surface area contributed by atoms with Crippen LogP contribution < -0.4 is 9.64 Å². The first kappa shape index (κ1) is 16.3. The van der Waals surface area contributed by atoms with Gasteiger partial charge in [0.25, 0.3) is 5.91 Å². The van der Waals surface area contributed by atoms with E-state index in [9.17, 15) is 4.79 Å². The number of methoxy groups -OCH3 is 1. The second kappa shape index (κ2) is 7.00. The van der Waals surface area contributed by atoms with Crippen molar-refractivity contribution < 1.29 is 9.53 Å². The van der Waals surface area contributed by atoms with Crippen molar-refractivity contribution in [2.75, 3.05) is 38.2 Å². The van der Waals surface area contributed by atoms with Gasteiger partial charge in [0.15, 0.2) is 0 Å². The van der Waals surface area contributed by atoms with E-state index in [0.29, 0.717) is 24.5 Å². The number of aromatic nitrogens is 2. The van der Waals surface area contributed by atoms with Gasteiger partial charge < -0.3 is 14.5 Å². The summed E-state index contributed by atoms with van der Waals surface area (Å²) in [5, 5.41) is 1.73. The third-order valence-corrected chi connectivity index (χ3v) is 4.72. The third-order valence-electron chi connectivity index (χ3n) is 4.72. The standard InChI is InChI=1S/C20H20N4O2/c1-26-16-6-4-5-15-8-10-22-19(18(15)16)20(25)24-13-11-23(12-14-24)17-7-2-3-9-21-17/h2-10H,11-14H2,1H3. The van der Waals surface area contributed by atoms with Crippen LogP contribution in [-0.2, 0) is 0 Å². The summed E-state index contributed by atoms with van der Waals surface area (Å²) < 4.78 is 5.45. The molecule has 0 spiro atoms. The molecule has 26 heavy (non-hydrogen) atoms. The Balaban J connectivity index is 1.57. The lowest BCUT2D eigenvalue weighted by molar-refractivity contribution is 0.0742. The van der Waals surface area contributed by atoms with Crippen molar-refractivity contribution in [2.24, 2.45) is 0 Å². The van der Waals surface area contributed by atoms with Crippen molar-refractivity contribution in [1.29, 1.82) is 0 Å². The highest BCUT2D eigenvalue weighted by molar-refractivity contribution is 6.07. The van der Waals surface area contributed by atoms with Gasteiger partial charge in [0.2, 0.25) is 0 Å². The molecule has 6 heteroatoms. The number of piperazine rings is 1. The van der Waals surface area contributed by atoms with Crippen LogP contribution in [0.25, 0.3) is 10.8 Å². The molecule has 0 unspecified atom stereocenters. The summed E-state index contributed by atoms with van der Waals surface area (Å²) in [5.74, 6) is 1.57. The van der Waals surface area contributed by atoms with E-state index >= 15 is 0 Å². The van der Waals surface area contributed by atoms with Crippen molar-refractivity contribution in [2.45, 2.75) is 0 Å². The van der Waals surface area contributed by atoms with Crippen LogP contribution in [-0.4, -0.2) is 54.1 Å². The van der Waals surface area contributed by atoms with Gasteiger partial charge in [-0.3, -0.25) is 9.78 Å². The van der Waals surface area contributed by atoms with E-state index < -0.39 is 0 Å². The van der Waals surface area contributed by atoms with Gasteiger partial charge in [-0.2, -0.15) is 0 Å². The van der Waals surface area contributed by atoms with Gasteiger partial charge in [0, 0.05) is 38.6 Å². The Hall–Kier alpha value is -3.15. The minimum Gasteiger partial charge on any atom is -0.496 e. The molecule has 4 rings (SSSR count). The number of nitrogens with zero attached hydrogens (tertiary/aromatic N) is 4. The van der Waals surface area contributed by atoms with Crippen LogP contribution in [0.4, 0.5) is 5.82 Å². The van der Waals surface area contributed by atoms with E-state index in [1.54, 1.807) is 19.5 Å². The highest BCUT2D eigenvalue weighted by Crippen LogP contribution is 2.28. The highest BCUT2D eigenvalue weighted by Gasteiger charge is 2.25. The Morgan fingerprint density at radius 2 is 1.81 bits per heavy atom. The Kier molecular flexibility index (Phi) is 4.39. The molecule has 1 saturated heterocycles. The monoisotopic (exact) mass is 348 g/mol. The van der Waals surface area contributed by atoms with E-state index in [4.69, 9.17) is 4.74 Å². The number of anilines is 1. The normalized spacial score (nSPS) is 14.5. The number of amides is 1. The van der Waals surface area contributed by atoms with Gasteiger partial charge in [-0.05, 0) is 29.7 Å². The van der Waals surface area contributed by atoms with Crippen LogP contribution >= 0.6 is 0 Å². The average Bonchev–Trinajstić information content (AvgIpc) is 2.73. The molecule has 1 aliphatic rings. The molecule has 0 saturated carbocycles. The maximum atomic E-state index is 13.1. The summed E-state index contributed by atoms with van der Waals surface area (Å²) >= 11 is 0. The largest absolute Gasteiger partial charge is 0.496 e. The van der Waals surface area contributed by atoms with E-state index in [1.165, 1.54) is 0 Å². The Bertz CT molecular complexity index is 916. The van der Waals surface area contributed by atoms with Crippen LogP contribution in [0.1, 0.15) is 10.5 Å². The molecule has 0 radical (unpaired) electrons. The predicted octanol–water partition coefficient (Wildman–Crippen LogP) is 2.60. The smallest absolute Gasteiger partial charge is 0.273 e. The maximum absolute atomic E-state index is 13.1. The quantitative estimate of drug-likeness (QED) is 0.728. The number of ether oxygens (including phenoxy) is 1. The fraction of sp³-hybridized carbons (Fsp3) is 0.250. The average molecular weight is 348 g/mol.